The molecular formula is C21H26N4O3. The van der Waals surface area contributed by atoms with E-state index in [-0.39, 0.29) is 5.91 Å². The van der Waals surface area contributed by atoms with Crippen molar-refractivity contribution in [1.29, 1.82) is 0 Å². The maximum Gasteiger partial charge on any atom is 0.221 e. The molecule has 1 amide bonds. The van der Waals surface area contributed by atoms with E-state index in [0.29, 0.717) is 19.2 Å². The van der Waals surface area contributed by atoms with Crippen molar-refractivity contribution in [3.05, 3.63) is 48.0 Å². The number of amides is 1. The van der Waals surface area contributed by atoms with Crippen LogP contribution in [0.1, 0.15) is 18.9 Å². The summed E-state index contributed by atoms with van der Waals surface area (Å²) < 4.78 is 11.4. The second kappa shape index (κ2) is 9.64. The number of hydrogen-bond acceptors (Lipinski definition) is 4. The molecule has 0 fully saturated rings. The summed E-state index contributed by atoms with van der Waals surface area (Å²) in [6.07, 6.45) is 1.72. The Morgan fingerprint density at radius 3 is 2.43 bits per heavy atom. The van der Waals surface area contributed by atoms with E-state index in [4.69, 9.17) is 9.47 Å². The van der Waals surface area contributed by atoms with Crippen LogP contribution in [0, 0.1) is 0 Å². The van der Waals surface area contributed by atoms with Crippen molar-refractivity contribution >= 4 is 23.2 Å². The molecule has 1 aliphatic heterocycles. The number of anilines is 2. The molecule has 0 atom stereocenters. The van der Waals surface area contributed by atoms with E-state index in [1.165, 1.54) is 12.5 Å². The van der Waals surface area contributed by atoms with E-state index < -0.39 is 0 Å². The lowest BCUT2D eigenvalue weighted by Gasteiger charge is -2.14. The molecule has 1 heterocycles. The van der Waals surface area contributed by atoms with Crippen molar-refractivity contribution in [2.75, 3.05) is 37.4 Å². The molecule has 0 unspecified atom stereocenters. The zero-order valence-corrected chi connectivity index (χ0v) is 16.2. The zero-order chi connectivity index (χ0) is 19.8. The lowest BCUT2D eigenvalue weighted by atomic mass is 10.1. The van der Waals surface area contributed by atoms with Gasteiger partial charge in [0.15, 0.2) is 17.5 Å². The maximum absolute atomic E-state index is 11.1. The average molecular weight is 382 g/mol. The fourth-order valence-electron chi connectivity index (χ4n) is 2.84. The first kappa shape index (κ1) is 19.5. The van der Waals surface area contributed by atoms with Crippen molar-refractivity contribution < 1.29 is 14.3 Å². The second-order valence-corrected chi connectivity index (χ2v) is 6.46. The van der Waals surface area contributed by atoms with Crippen LogP contribution in [0.2, 0.25) is 0 Å². The minimum atomic E-state index is -0.0703. The standard InChI is InChI=1S/C21H26N4O3/c1-15(26)24-17-6-4-16(5-7-17)10-11-23-21(22-2)25-18-8-9-19-20(14-18)28-13-3-12-27-19/h4-9,14H,3,10-13H2,1-2H3,(H,24,26)(H2,22,23,25). The number of guanidine groups is 1. The molecule has 2 aromatic carbocycles. The van der Waals surface area contributed by atoms with Crippen LogP contribution in [0.15, 0.2) is 47.5 Å². The van der Waals surface area contributed by atoms with Gasteiger partial charge in [0, 0.05) is 44.4 Å². The van der Waals surface area contributed by atoms with Crippen molar-refractivity contribution in [3.8, 4) is 11.5 Å². The molecule has 0 radical (unpaired) electrons. The van der Waals surface area contributed by atoms with E-state index in [9.17, 15) is 4.79 Å². The Kier molecular flexibility index (Phi) is 6.73. The molecule has 28 heavy (non-hydrogen) atoms. The first-order valence-electron chi connectivity index (χ1n) is 9.38. The van der Waals surface area contributed by atoms with E-state index in [0.717, 1.165) is 42.3 Å². The van der Waals surface area contributed by atoms with Crippen LogP contribution < -0.4 is 25.4 Å². The minimum Gasteiger partial charge on any atom is -0.490 e. The zero-order valence-electron chi connectivity index (χ0n) is 16.2. The van der Waals surface area contributed by atoms with Crippen LogP contribution in [0.3, 0.4) is 0 Å². The van der Waals surface area contributed by atoms with Crippen LogP contribution in [0.5, 0.6) is 11.5 Å². The number of aliphatic imine (C=N–C) groups is 1. The Hall–Kier alpha value is -3.22. The summed E-state index contributed by atoms with van der Waals surface area (Å²) in [6.45, 7) is 3.56. The molecular weight excluding hydrogens is 356 g/mol. The Morgan fingerprint density at radius 1 is 1.00 bits per heavy atom. The van der Waals surface area contributed by atoms with E-state index in [1.807, 2.05) is 42.5 Å². The van der Waals surface area contributed by atoms with Crippen molar-refractivity contribution in [2.45, 2.75) is 19.8 Å². The molecule has 0 aromatic heterocycles. The average Bonchev–Trinajstić information content (AvgIpc) is 2.93. The molecule has 148 valence electrons. The predicted molar refractivity (Wildman–Crippen MR) is 111 cm³/mol. The number of carbonyl (C=O) groups excluding carboxylic acids is 1. The van der Waals surface area contributed by atoms with Gasteiger partial charge in [-0.1, -0.05) is 12.1 Å². The van der Waals surface area contributed by atoms with Crippen molar-refractivity contribution in [1.82, 2.24) is 5.32 Å². The fraction of sp³-hybridized carbons (Fsp3) is 0.333. The summed E-state index contributed by atoms with van der Waals surface area (Å²) in [5.74, 6) is 2.13. The molecule has 3 rings (SSSR count). The van der Waals surface area contributed by atoms with Gasteiger partial charge in [-0.05, 0) is 36.2 Å². The molecule has 0 bridgehead atoms. The van der Waals surface area contributed by atoms with E-state index in [2.05, 4.69) is 20.9 Å². The summed E-state index contributed by atoms with van der Waals surface area (Å²) in [5.41, 5.74) is 2.86. The van der Waals surface area contributed by atoms with E-state index >= 15 is 0 Å². The molecule has 2 aromatic rings. The van der Waals surface area contributed by atoms with Gasteiger partial charge in [0.25, 0.3) is 0 Å². The quantitative estimate of drug-likeness (QED) is 0.547. The highest BCUT2D eigenvalue weighted by Crippen LogP contribution is 2.32. The van der Waals surface area contributed by atoms with Crippen LogP contribution >= 0.6 is 0 Å². The monoisotopic (exact) mass is 382 g/mol. The maximum atomic E-state index is 11.1. The lowest BCUT2D eigenvalue weighted by molar-refractivity contribution is -0.114. The third-order valence-electron chi connectivity index (χ3n) is 4.21. The summed E-state index contributed by atoms with van der Waals surface area (Å²) in [5, 5.41) is 9.34. The molecule has 0 spiro atoms. The molecule has 0 aliphatic carbocycles. The highest BCUT2D eigenvalue weighted by Gasteiger charge is 2.11. The number of rotatable bonds is 5. The van der Waals surface area contributed by atoms with Gasteiger partial charge in [-0.15, -0.1) is 0 Å². The first-order valence-corrected chi connectivity index (χ1v) is 9.38. The highest BCUT2D eigenvalue weighted by atomic mass is 16.5. The largest absolute Gasteiger partial charge is 0.490 e. The SMILES string of the molecule is CN=C(NCCc1ccc(NC(C)=O)cc1)Nc1ccc2c(c1)OCCCO2. The molecule has 0 saturated heterocycles. The summed E-state index contributed by atoms with van der Waals surface area (Å²) in [7, 11) is 1.74. The summed E-state index contributed by atoms with van der Waals surface area (Å²) in [4.78, 5) is 15.3. The van der Waals surface area contributed by atoms with Crippen molar-refractivity contribution in [2.24, 2.45) is 4.99 Å². The fourth-order valence-corrected chi connectivity index (χ4v) is 2.84. The molecule has 7 heteroatoms. The van der Waals surface area contributed by atoms with Crippen LogP contribution in [0.25, 0.3) is 0 Å². The molecule has 7 nitrogen and oxygen atoms in total. The Balaban J connectivity index is 1.51. The van der Waals surface area contributed by atoms with Crippen LogP contribution in [0.4, 0.5) is 11.4 Å². The Morgan fingerprint density at radius 2 is 1.71 bits per heavy atom. The number of benzene rings is 2. The highest BCUT2D eigenvalue weighted by molar-refractivity contribution is 5.93. The minimum absolute atomic E-state index is 0.0703. The number of nitrogens with zero attached hydrogens (tertiary/aromatic N) is 1. The predicted octanol–water partition coefficient (Wildman–Crippen LogP) is 3.04. The van der Waals surface area contributed by atoms with Gasteiger partial charge < -0.3 is 25.4 Å². The topological polar surface area (TPSA) is 84.0 Å². The lowest BCUT2D eigenvalue weighted by Crippen LogP contribution is -2.32. The molecule has 1 aliphatic rings. The number of carbonyl (C=O) groups is 1. The van der Waals surface area contributed by atoms with E-state index in [1.54, 1.807) is 7.05 Å². The normalized spacial score (nSPS) is 13.4. The Bertz CT molecular complexity index is 834. The summed E-state index contributed by atoms with van der Waals surface area (Å²) in [6, 6.07) is 13.6. The van der Waals surface area contributed by atoms with Gasteiger partial charge in [-0.25, -0.2) is 0 Å². The number of hydrogen-bond donors (Lipinski definition) is 3. The number of ether oxygens (including phenoxy) is 2. The van der Waals surface area contributed by atoms with Gasteiger partial charge >= 0.3 is 0 Å². The number of nitrogens with one attached hydrogen (secondary N) is 3. The smallest absolute Gasteiger partial charge is 0.221 e. The number of fused-ring (bicyclic) bond motifs is 1. The third kappa shape index (κ3) is 5.64. The first-order chi connectivity index (χ1) is 13.6. The third-order valence-corrected chi connectivity index (χ3v) is 4.21. The van der Waals surface area contributed by atoms with Gasteiger partial charge in [-0.3, -0.25) is 9.79 Å². The second-order valence-electron chi connectivity index (χ2n) is 6.46. The van der Waals surface area contributed by atoms with Gasteiger partial charge in [0.2, 0.25) is 5.91 Å². The molecule has 3 N–H and O–H groups in total. The van der Waals surface area contributed by atoms with Crippen LogP contribution in [-0.4, -0.2) is 38.7 Å². The van der Waals surface area contributed by atoms with Crippen LogP contribution in [-0.2, 0) is 11.2 Å². The van der Waals surface area contributed by atoms with Crippen molar-refractivity contribution in [3.63, 3.8) is 0 Å². The molecule has 0 saturated carbocycles. The Labute approximate surface area is 165 Å². The van der Waals surface area contributed by atoms with Gasteiger partial charge in [0.1, 0.15) is 0 Å². The van der Waals surface area contributed by atoms with Gasteiger partial charge in [0.05, 0.1) is 13.2 Å². The summed E-state index contributed by atoms with van der Waals surface area (Å²) >= 11 is 0. The van der Waals surface area contributed by atoms with Gasteiger partial charge in [-0.2, -0.15) is 0 Å².